The number of aromatic nitrogens is 2. The summed E-state index contributed by atoms with van der Waals surface area (Å²) in [7, 11) is 3.73. The third-order valence-corrected chi connectivity index (χ3v) is 5.43. The van der Waals surface area contributed by atoms with Crippen LogP contribution < -0.4 is 9.64 Å². The molecule has 1 saturated heterocycles. The quantitative estimate of drug-likeness (QED) is 0.668. The van der Waals surface area contributed by atoms with Gasteiger partial charge in [-0.05, 0) is 63.3 Å². The maximum Gasteiger partial charge on any atom is 0.259 e. The van der Waals surface area contributed by atoms with Gasteiger partial charge in [0.1, 0.15) is 5.75 Å². The molecule has 0 saturated carbocycles. The van der Waals surface area contributed by atoms with Crippen LogP contribution in [-0.4, -0.2) is 53.9 Å². The molecule has 0 aliphatic carbocycles. The number of piperidine rings is 1. The number of nitrogens with zero attached hydrogens (tertiary/aromatic N) is 4. The van der Waals surface area contributed by atoms with Crippen LogP contribution in [0, 0.1) is 0 Å². The second-order valence-electron chi connectivity index (χ2n) is 7.40. The highest BCUT2D eigenvalue weighted by atomic mass is 16.5. The summed E-state index contributed by atoms with van der Waals surface area (Å²) in [6, 6.07) is 19.3. The summed E-state index contributed by atoms with van der Waals surface area (Å²) in [6.45, 7) is 1.93. The Hall–Kier alpha value is -3.12. The van der Waals surface area contributed by atoms with Crippen LogP contribution in [0.5, 0.6) is 5.75 Å². The van der Waals surface area contributed by atoms with Gasteiger partial charge >= 0.3 is 0 Å². The van der Waals surface area contributed by atoms with Gasteiger partial charge in [-0.3, -0.25) is 9.69 Å². The number of hydrogen-bond donors (Lipinski definition) is 0. The Bertz CT molecular complexity index is 962. The Morgan fingerprint density at radius 3 is 2.55 bits per heavy atom. The first kappa shape index (κ1) is 19.2. The summed E-state index contributed by atoms with van der Waals surface area (Å²) in [5.74, 6) is 1.31. The number of benzene rings is 2. The van der Waals surface area contributed by atoms with Crippen molar-refractivity contribution in [2.24, 2.45) is 0 Å². The van der Waals surface area contributed by atoms with Gasteiger partial charge in [0, 0.05) is 23.9 Å². The van der Waals surface area contributed by atoms with E-state index in [1.807, 2.05) is 70.4 Å². The molecule has 1 fully saturated rings. The van der Waals surface area contributed by atoms with E-state index >= 15 is 0 Å². The topological polar surface area (TPSA) is 50.6 Å². The first-order valence-electron chi connectivity index (χ1n) is 9.93. The van der Waals surface area contributed by atoms with Gasteiger partial charge in [-0.15, -0.1) is 5.10 Å². The molecule has 6 heteroatoms. The van der Waals surface area contributed by atoms with Crippen LogP contribution in [0.3, 0.4) is 0 Å². The highest BCUT2D eigenvalue weighted by Crippen LogP contribution is 2.26. The number of ether oxygens (including phenoxy) is 1. The normalized spacial score (nSPS) is 15.2. The summed E-state index contributed by atoms with van der Waals surface area (Å²) in [5.41, 5.74) is 1.58. The lowest BCUT2D eigenvalue weighted by Crippen LogP contribution is -2.47. The molecule has 4 rings (SSSR count). The molecule has 1 amide bonds. The van der Waals surface area contributed by atoms with Gasteiger partial charge < -0.3 is 9.64 Å². The minimum absolute atomic E-state index is 0.0447. The Labute approximate surface area is 171 Å². The van der Waals surface area contributed by atoms with Crippen molar-refractivity contribution in [1.82, 2.24) is 14.7 Å². The molecule has 2 heterocycles. The number of methoxy groups -OCH3 is 1. The molecular formula is C23H26N4O2. The minimum atomic E-state index is -0.0447. The number of hydrogen-bond acceptors (Lipinski definition) is 4. The van der Waals surface area contributed by atoms with Gasteiger partial charge in [0.05, 0.1) is 12.8 Å². The summed E-state index contributed by atoms with van der Waals surface area (Å²) in [6.07, 6.45) is 3.75. The molecule has 6 nitrogen and oxygen atoms in total. The minimum Gasteiger partial charge on any atom is -0.497 e. The van der Waals surface area contributed by atoms with E-state index < -0.39 is 0 Å². The molecule has 0 bridgehead atoms. The second-order valence-corrected chi connectivity index (χ2v) is 7.40. The van der Waals surface area contributed by atoms with Crippen LogP contribution in [-0.2, 0) is 0 Å². The predicted molar refractivity (Wildman–Crippen MR) is 114 cm³/mol. The number of likely N-dealkylation sites (tertiary alicyclic amines) is 1. The molecule has 3 aromatic rings. The zero-order chi connectivity index (χ0) is 20.2. The lowest BCUT2D eigenvalue weighted by Gasteiger charge is -2.36. The van der Waals surface area contributed by atoms with Crippen molar-refractivity contribution in [2.45, 2.75) is 18.9 Å². The largest absolute Gasteiger partial charge is 0.497 e. The number of anilines is 1. The van der Waals surface area contributed by atoms with Crippen LogP contribution in [0.2, 0.25) is 0 Å². The molecule has 1 aromatic heterocycles. The van der Waals surface area contributed by atoms with E-state index in [1.165, 1.54) is 0 Å². The molecular weight excluding hydrogens is 364 g/mol. The average Bonchev–Trinajstić information content (AvgIpc) is 3.25. The van der Waals surface area contributed by atoms with Gasteiger partial charge in [0.25, 0.3) is 5.91 Å². The number of para-hydroxylation sites is 1. The molecule has 0 N–H and O–H groups in total. The van der Waals surface area contributed by atoms with E-state index in [0.29, 0.717) is 17.1 Å². The fourth-order valence-electron chi connectivity index (χ4n) is 3.77. The summed E-state index contributed by atoms with van der Waals surface area (Å²) >= 11 is 0. The Kier molecular flexibility index (Phi) is 5.62. The van der Waals surface area contributed by atoms with Crippen molar-refractivity contribution in [2.75, 3.05) is 32.1 Å². The van der Waals surface area contributed by atoms with E-state index in [2.05, 4.69) is 11.9 Å². The Morgan fingerprint density at radius 1 is 1.07 bits per heavy atom. The number of carbonyl (C=O) groups excluding carboxylic acids is 1. The van der Waals surface area contributed by atoms with Gasteiger partial charge in [-0.25, -0.2) is 4.68 Å². The lowest BCUT2D eigenvalue weighted by atomic mass is 10.0. The van der Waals surface area contributed by atoms with Crippen molar-refractivity contribution in [3.05, 3.63) is 72.4 Å². The summed E-state index contributed by atoms with van der Waals surface area (Å²) in [4.78, 5) is 17.7. The maximum atomic E-state index is 13.5. The van der Waals surface area contributed by atoms with Gasteiger partial charge in [0.15, 0.2) is 5.82 Å². The number of amides is 1. The summed E-state index contributed by atoms with van der Waals surface area (Å²) < 4.78 is 7.13. The van der Waals surface area contributed by atoms with E-state index in [4.69, 9.17) is 9.84 Å². The van der Waals surface area contributed by atoms with Crippen molar-refractivity contribution in [3.8, 4) is 11.4 Å². The Balaban J connectivity index is 1.69. The smallest absolute Gasteiger partial charge is 0.259 e. The number of carbonyl (C=O) groups is 1. The van der Waals surface area contributed by atoms with Crippen molar-refractivity contribution < 1.29 is 9.53 Å². The standard InChI is InChI=1S/C23H26N4O2/c1-25-14-11-20(12-15-25)27(23(28)18-7-6-10-21(17-18)29-2)22-13-16-26(24-22)19-8-4-3-5-9-19/h3-10,13,16-17,20H,11-12,14-15H2,1-2H3. The van der Waals surface area contributed by atoms with E-state index in [0.717, 1.165) is 31.6 Å². The third kappa shape index (κ3) is 4.17. The zero-order valence-electron chi connectivity index (χ0n) is 16.9. The zero-order valence-corrected chi connectivity index (χ0v) is 16.9. The molecule has 150 valence electrons. The van der Waals surface area contributed by atoms with Crippen molar-refractivity contribution >= 4 is 11.7 Å². The van der Waals surface area contributed by atoms with Crippen LogP contribution in [0.25, 0.3) is 5.69 Å². The van der Waals surface area contributed by atoms with Crippen LogP contribution in [0.1, 0.15) is 23.2 Å². The number of rotatable bonds is 5. The molecule has 0 radical (unpaired) electrons. The van der Waals surface area contributed by atoms with Crippen molar-refractivity contribution in [1.29, 1.82) is 0 Å². The van der Waals surface area contributed by atoms with Crippen LogP contribution >= 0.6 is 0 Å². The SMILES string of the molecule is COc1cccc(C(=O)N(c2ccn(-c3ccccc3)n2)C2CCN(C)CC2)c1. The van der Waals surface area contributed by atoms with E-state index in [-0.39, 0.29) is 11.9 Å². The summed E-state index contributed by atoms with van der Waals surface area (Å²) in [5, 5.41) is 4.74. The molecule has 1 aliphatic rings. The van der Waals surface area contributed by atoms with Gasteiger partial charge in [-0.1, -0.05) is 24.3 Å². The predicted octanol–water partition coefficient (Wildman–Crippen LogP) is 3.62. The lowest BCUT2D eigenvalue weighted by molar-refractivity contribution is 0.0962. The van der Waals surface area contributed by atoms with E-state index in [9.17, 15) is 4.79 Å². The van der Waals surface area contributed by atoms with Crippen molar-refractivity contribution in [3.63, 3.8) is 0 Å². The Morgan fingerprint density at radius 2 is 1.83 bits per heavy atom. The fourth-order valence-corrected chi connectivity index (χ4v) is 3.77. The van der Waals surface area contributed by atoms with Crippen LogP contribution in [0.4, 0.5) is 5.82 Å². The third-order valence-electron chi connectivity index (χ3n) is 5.43. The first-order chi connectivity index (χ1) is 14.2. The first-order valence-corrected chi connectivity index (χ1v) is 9.93. The second kappa shape index (κ2) is 8.49. The monoisotopic (exact) mass is 390 g/mol. The molecule has 2 aromatic carbocycles. The molecule has 0 unspecified atom stereocenters. The average molecular weight is 390 g/mol. The van der Waals surface area contributed by atoms with Gasteiger partial charge in [0.2, 0.25) is 0 Å². The van der Waals surface area contributed by atoms with Crippen LogP contribution in [0.15, 0.2) is 66.9 Å². The van der Waals surface area contributed by atoms with E-state index in [1.54, 1.807) is 13.2 Å². The highest BCUT2D eigenvalue weighted by molar-refractivity contribution is 6.06. The highest BCUT2D eigenvalue weighted by Gasteiger charge is 2.30. The maximum absolute atomic E-state index is 13.5. The molecule has 0 atom stereocenters. The molecule has 1 aliphatic heterocycles. The molecule has 29 heavy (non-hydrogen) atoms. The fraction of sp³-hybridized carbons (Fsp3) is 0.304. The molecule has 0 spiro atoms. The van der Waals surface area contributed by atoms with Gasteiger partial charge in [-0.2, -0.15) is 0 Å².